The minimum absolute atomic E-state index is 0.562. The number of rotatable bonds is 10. The number of carboxylic acids is 1. The normalized spacial score (nSPS) is 13.4. The first-order valence-electron chi connectivity index (χ1n) is 7.84. The number of aliphatic hydroxyl groups is 1. The van der Waals surface area contributed by atoms with Crippen molar-refractivity contribution in [1.82, 2.24) is 0 Å². The number of hydrogen-bond donors (Lipinski definition) is 3. The molecule has 0 heterocycles. The lowest BCUT2D eigenvalue weighted by Crippen LogP contribution is -2.39. The van der Waals surface area contributed by atoms with E-state index < -0.39 is 23.8 Å². The summed E-state index contributed by atoms with van der Waals surface area (Å²) in [4.78, 5) is 10.8. The minimum Gasteiger partial charge on any atom is -0.480 e. The zero-order valence-electron chi connectivity index (χ0n) is 15.1. The lowest BCUT2D eigenvalue weighted by molar-refractivity contribution is -0.140. The molecule has 0 aromatic heterocycles. The van der Waals surface area contributed by atoms with Gasteiger partial charge < -0.3 is 25.0 Å². The maximum atomic E-state index is 9.86. The lowest BCUT2D eigenvalue weighted by Gasteiger charge is -2.19. The summed E-state index contributed by atoms with van der Waals surface area (Å²) in [6.07, 6.45) is -0.979. The first kappa shape index (κ1) is 27.5. The number of aliphatic hydroxyl groups excluding tert-OH is 1. The standard InChI is InChI=1S/C11H15Cl2O2PS3.C4H9NO3/c1-3-14-16(17,15-4-2)19-8-18-11-7-9(12)5-6-10(11)13;1-2(6)3(5)4(7)8/h5-7H,3-4,8H2,1-2H3;2-3,6H,5H2,1H3,(H,7,8). The van der Waals surface area contributed by atoms with Crippen LogP contribution in [0, 0.1) is 0 Å². The summed E-state index contributed by atoms with van der Waals surface area (Å²) >= 11 is 20.6. The van der Waals surface area contributed by atoms with Gasteiger partial charge in [0.15, 0.2) is 0 Å². The van der Waals surface area contributed by atoms with Gasteiger partial charge in [0, 0.05) is 9.92 Å². The van der Waals surface area contributed by atoms with Crippen molar-refractivity contribution in [3.8, 4) is 0 Å². The number of benzene rings is 1. The van der Waals surface area contributed by atoms with Crippen LogP contribution >= 0.6 is 52.0 Å². The van der Waals surface area contributed by atoms with Gasteiger partial charge in [-0.05, 0) is 50.8 Å². The van der Waals surface area contributed by atoms with Crippen molar-refractivity contribution < 1.29 is 24.1 Å². The Hall–Kier alpha value is 0.460. The number of hydrogen-bond acceptors (Lipinski definition) is 8. The van der Waals surface area contributed by atoms with Crippen LogP contribution in [-0.4, -0.2) is 46.6 Å². The van der Waals surface area contributed by atoms with Crippen LogP contribution in [0.1, 0.15) is 20.8 Å². The number of nitrogens with two attached hydrogens (primary N) is 1. The monoisotopic (exact) mass is 495 g/mol. The molecule has 27 heavy (non-hydrogen) atoms. The molecule has 0 aliphatic rings. The van der Waals surface area contributed by atoms with Gasteiger partial charge in [0.05, 0.1) is 29.4 Å². The van der Waals surface area contributed by atoms with Crippen LogP contribution in [0.15, 0.2) is 23.1 Å². The molecule has 0 bridgehead atoms. The summed E-state index contributed by atoms with van der Waals surface area (Å²) in [5.74, 6) is -1.18. The fraction of sp³-hybridized carbons (Fsp3) is 0.533. The molecule has 0 aliphatic heterocycles. The van der Waals surface area contributed by atoms with Crippen LogP contribution in [0.25, 0.3) is 0 Å². The van der Waals surface area contributed by atoms with Crippen LogP contribution in [0.3, 0.4) is 0 Å². The molecule has 0 aliphatic carbocycles. The molecule has 4 N–H and O–H groups in total. The van der Waals surface area contributed by atoms with E-state index in [1.54, 1.807) is 23.9 Å². The summed E-state index contributed by atoms with van der Waals surface area (Å²) in [5.41, 5.74) is 2.68. The predicted molar refractivity (Wildman–Crippen MR) is 120 cm³/mol. The highest BCUT2D eigenvalue weighted by Crippen LogP contribution is 2.62. The highest BCUT2D eigenvalue weighted by atomic mass is 35.5. The molecule has 1 aromatic rings. The van der Waals surface area contributed by atoms with Crippen LogP contribution < -0.4 is 5.73 Å². The lowest BCUT2D eigenvalue weighted by atomic mass is 10.2. The fourth-order valence-electron chi connectivity index (χ4n) is 1.38. The van der Waals surface area contributed by atoms with E-state index in [0.29, 0.717) is 23.3 Å². The quantitative estimate of drug-likeness (QED) is 0.238. The Bertz CT molecular complexity index is 629. The molecule has 1 aromatic carbocycles. The highest BCUT2D eigenvalue weighted by Gasteiger charge is 2.19. The SMILES string of the molecule is CC(O)C(N)C(=O)O.CCOP(=S)(OCC)SCSc1cc(Cl)ccc1Cl. The third-order valence-electron chi connectivity index (χ3n) is 2.70. The first-order valence-corrected chi connectivity index (χ1v) is 13.8. The molecule has 156 valence electrons. The van der Waals surface area contributed by atoms with Gasteiger partial charge in [-0.3, -0.25) is 4.79 Å². The first-order chi connectivity index (χ1) is 12.6. The molecule has 0 saturated heterocycles. The summed E-state index contributed by atoms with van der Waals surface area (Å²) in [5, 5.41) is 18.6. The van der Waals surface area contributed by atoms with E-state index >= 15 is 0 Å². The van der Waals surface area contributed by atoms with Gasteiger partial charge >= 0.3 is 5.97 Å². The van der Waals surface area contributed by atoms with E-state index in [2.05, 4.69) is 0 Å². The molecule has 1 rings (SSSR count). The molecule has 2 atom stereocenters. The molecular formula is C15H24Cl2NO5PS3. The van der Waals surface area contributed by atoms with E-state index in [-0.39, 0.29) is 0 Å². The Morgan fingerprint density at radius 2 is 1.89 bits per heavy atom. The van der Waals surface area contributed by atoms with Crippen molar-refractivity contribution in [3.05, 3.63) is 28.2 Å². The topological polar surface area (TPSA) is 102 Å². The van der Waals surface area contributed by atoms with Crippen LogP contribution in [0.5, 0.6) is 0 Å². The fourth-order valence-corrected chi connectivity index (χ4v) is 8.91. The minimum atomic E-state index is -2.23. The zero-order chi connectivity index (χ0) is 21.0. The molecule has 0 amide bonds. The molecule has 0 radical (unpaired) electrons. The molecular weight excluding hydrogens is 472 g/mol. The summed E-state index contributed by atoms with van der Waals surface area (Å²) < 4.78 is 11.1. The maximum Gasteiger partial charge on any atom is 0.323 e. The van der Waals surface area contributed by atoms with E-state index in [0.717, 1.165) is 9.98 Å². The van der Waals surface area contributed by atoms with Gasteiger partial charge in [0.1, 0.15) is 6.04 Å². The Morgan fingerprint density at radius 3 is 2.30 bits per heavy atom. The van der Waals surface area contributed by atoms with Gasteiger partial charge in [-0.2, -0.15) is 0 Å². The van der Waals surface area contributed by atoms with Crippen LogP contribution in [0.2, 0.25) is 10.0 Å². The number of carboxylic acid groups (broad SMARTS) is 1. The van der Waals surface area contributed by atoms with E-state index in [1.807, 2.05) is 19.9 Å². The predicted octanol–water partition coefficient (Wildman–Crippen LogP) is 4.85. The molecule has 0 spiro atoms. The third kappa shape index (κ3) is 11.9. The van der Waals surface area contributed by atoms with Crippen molar-refractivity contribution >= 4 is 69.8 Å². The maximum absolute atomic E-state index is 9.86. The van der Waals surface area contributed by atoms with Crippen molar-refractivity contribution in [3.63, 3.8) is 0 Å². The zero-order valence-corrected chi connectivity index (χ0v) is 20.0. The largest absolute Gasteiger partial charge is 0.480 e. The highest BCUT2D eigenvalue weighted by molar-refractivity contribution is 8.69. The summed E-state index contributed by atoms with van der Waals surface area (Å²) in [6, 6.07) is 4.25. The second kappa shape index (κ2) is 14.4. The number of aliphatic carboxylic acids is 1. The second-order valence-corrected chi connectivity index (χ2v) is 13.4. The molecule has 6 nitrogen and oxygen atoms in total. The Labute approximate surface area is 183 Å². The third-order valence-corrected chi connectivity index (χ3v) is 10.5. The summed E-state index contributed by atoms with van der Waals surface area (Å²) in [6.45, 7) is 6.29. The smallest absolute Gasteiger partial charge is 0.323 e. The van der Waals surface area contributed by atoms with Gasteiger partial charge in [0.25, 0.3) is 0 Å². The average Bonchev–Trinajstić information content (AvgIpc) is 2.58. The van der Waals surface area contributed by atoms with E-state index in [9.17, 15) is 4.79 Å². The Morgan fingerprint density at radius 1 is 1.33 bits per heavy atom. The molecule has 0 fully saturated rings. The molecule has 12 heteroatoms. The average molecular weight is 496 g/mol. The van der Waals surface area contributed by atoms with Gasteiger partial charge in [-0.25, -0.2) is 0 Å². The number of halogens is 2. The number of carbonyl (C=O) groups is 1. The van der Waals surface area contributed by atoms with E-state index in [1.165, 1.54) is 18.3 Å². The van der Waals surface area contributed by atoms with Gasteiger partial charge in [-0.15, -0.1) is 11.8 Å². The molecule has 0 saturated carbocycles. The van der Waals surface area contributed by atoms with Crippen LogP contribution in [0.4, 0.5) is 0 Å². The van der Waals surface area contributed by atoms with Crippen molar-refractivity contribution in [2.75, 3.05) is 18.3 Å². The second-order valence-electron chi connectivity index (χ2n) is 4.85. The Balaban J connectivity index is 0.000000713. The van der Waals surface area contributed by atoms with Crippen molar-refractivity contribution in [2.24, 2.45) is 5.73 Å². The number of thioether (sulfide) groups is 1. The molecule has 2 unspecified atom stereocenters. The Kier molecular flexibility index (Phi) is 14.7. The van der Waals surface area contributed by atoms with Crippen molar-refractivity contribution in [1.29, 1.82) is 0 Å². The van der Waals surface area contributed by atoms with Gasteiger partial charge in [-0.1, -0.05) is 34.6 Å². The van der Waals surface area contributed by atoms with Gasteiger partial charge in [0.2, 0.25) is 5.69 Å². The summed E-state index contributed by atoms with van der Waals surface area (Å²) in [7, 11) is 0. The van der Waals surface area contributed by atoms with Crippen molar-refractivity contribution in [2.45, 2.75) is 37.8 Å². The van der Waals surface area contributed by atoms with Crippen LogP contribution in [-0.2, 0) is 25.6 Å². The van der Waals surface area contributed by atoms with E-state index in [4.69, 9.17) is 60.0 Å².